The van der Waals surface area contributed by atoms with Crippen LogP contribution in [0.3, 0.4) is 0 Å². The predicted octanol–water partition coefficient (Wildman–Crippen LogP) is 3.07. The summed E-state index contributed by atoms with van der Waals surface area (Å²) in [6.07, 6.45) is 2.29. The van der Waals surface area contributed by atoms with Crippen LogP contribution in [0.15, 0.2) is 24.3 Å². The van der Waals surface area contributed by atoms with E-state index in [1.54, 1.807) is 7.11 Å². The van der Waals surface area contributed by atoms with Gasteiger partial charge in [0.25, 0.3) is 0 Å². The van der Waals surface area contributed by atoms with Gasteiger partial charge in [-0.05, 0) is 37.5 Å². The zero-order valence-corrected chi connectivity index (χ0v) is 11.6. The second kappa shape index (κ2) is 5.32. The third kappa shape index (κ3) is 3.39. The van der Waals surface area contributed by atoms with E-state index in [1.807, 2.05) is 12.1 Å². The van der Waals surface area contributed by atoms with Crippen LogP contribution in [0.1, 0.15) is 25.8 Å². The van der Waals surface area contributed by atoms with Crippen LogP contribution in [0.5, 0.6) is 5.75 Å². The second-order valence-electron chi connectivity index (χ2n) is 4.89. The number of aryl methyl sites for hydroxylation is 1. The molecule has 1 N–H and O–H groups in total. The van der Waals surface area contributed by atoms with Gasteiger partial charge >= 0.3 is 0 Å². The SMILES string of the molecule is COc1ccc(CCC2(C)NCC(C)S2)cc1. The van der Waals surface area contributed by atoms with E-state index in [1.165, 1.54) is 12.0 Å². The molecule has 0 aliphatic carbocycles. The second-order valence-corrected chi connectivity index (χ2v) is 6.83. The lowest BCUT2D eigenvalue weighted by molar-refractivity contribution is 0.414. The molecule has 0 radical (unpaired) electrons. The molecule has 1 saturated heterocycles. The highest BCUT2D eigenvalue weighted by Gasteiger charge is 2.32. The van der Waals surface area contributed by atoms with Crippen molar-refractivity contribution in [1.29, 1.82) is 0 Å². The summed E-state index contributed by atoms with van der Waals surface area (Å²) >= 11 is 2.06. The first kappa shape index (κ1) is 12.8. The third-order valence-electron chi connectivity index (χ3n) is 3.27. The summed E-state index contributed by atoms with van der Waals surface area (Å²) in [5.41, 5.74) is 1.38. The summed E-state index contributed by atoms with van der Waals surface area (Å²) in [5.74, 6) is 0.932. The monoisotopic (exact) mass is 251 g/mol. The molecule has 0 saturated carbocycles. The number of hydrogen-bond donors (Lipinski definition) is 1. The lowest BCUT2D eigenvalue weighted by Crippen LogP contribution is -2.34. The van der Waals surface area contributed by atoms with Gasteiger partial charge in [-0.15, -0.1) is 11.8 Å². The predicted molar refractivity (Wildman–Crippen MR) is 74.8 cm³/mol. The molecule has 1 aromatic rings. The van der Waals surface area contributed by atoms with E-state index < -0.39 is 0 Å². The molecule has 2 nitrogen and oxygen atoms in total. The van der Waals surface area contributed by atoms with Crippen molar-refractivity contribution in [2.75, 3.05) is 13.7 Å². The maximum atomic E-state index is 5.16. The molecular formula is C14H21NOS. The maximum Gasteiger partial charge on any atom is 0.118 e. The molecule has 1 fully saturated rings. The van der Waals surface area contributed by atoms with Crippen LogP contribution >= 0.6 is 11.8 Å². The fourth-order valence-electron chi connectivity index (χ4n) is 2.21. The van der Waals surface area contributed by atoms with E-state index in [2.05, 4.69) is 43.1 Å². The Morgan fingerprint density at radius 1 is 1.41 bits per heavy atom. The van der Waals surface area contributed by atoms with Gasteiger partial charge in [-0.2, -0.15) is 0 Å². The average molecular weight is 251 g/mol. The highest BCUT2D eigenvalue weighted by atomic mass is 32.2. The zero-order valence-electron chi connectivity index (χ0n) is 10.8. The summed E-state index contributed by atoms with van der Waals surface area (Å²) in [4.78, 5) is 0.249. The smallest absolute Gasteiger partial charge is 0.118 e. The minimum atomic E-state index is 0.249. The van der Waals surface area contributed by atoms with Crippen molar-refractivity contribution in [2.24, 2.45) is 0 Å². The maximum absolute atomic E-state index is 5.16. The molecular weight excluding hydrogens is 230 g/mol. The van der Waals surface area contributed by atoms with Crippen LogP contribution in [0.25, 0.3) is 0 Å². The van der Waals surface area contributed by atoms with Gasteiger partial charge in [-0.1, -0.05) is 19.1 Å². The fraction of sp³-hybridized carbons (Fsp3) is 0.571. The molecule has 0 bridgehead atoms. The fourth-order valence-corrected chi connectivity index (χ4v) is 3.65. The summed E-state index contributed by atoms with van der Waals surface area (Å²) in [5, 5.41) is 4.35. The van der Waals surface area contributed by atoms with Gasteiger partial charge in [0.2, 0.25) is 0 Å². The van der Waals surface area contributed by atoms with Crippen molar-refractivity contribution in [3.63, 3.8) is 0 Å². The van der Waals surface area contributed by atoms with E-state index in [0.29, 0.717) is 0 Å². The number of hydrogen-bond acceptors (Lipinski definition) is 3. The Hall–Kier alpha value is -0.670. The van der Waals surface area contributed by atoms with Crippen molar-refractivity contribution in [2.45, 2.75) is 36.8 Å². The molecule has 94 valence electrons. The summed E-state index contributed by atoms with van der Waals surface area (Å²) in [6.45, 7) is 5.73. The Kier molecular flexibility index (Phi) is 4.00. The van der Waals surface area contributed by atoms with Crippen LogP contribution in [0.4, 0.5) is 0 Å². The third-order valence-corrected chi connectivity index (χ3v) is 4.71. The van der Waals surface area contributed by atoms with Crippen LogP contribution in [0, 0.1) is 0 Å². The summed E-state index contributed by atoms with van der Waals surface area (Å²) in [6, 6.07) is 8.39. The first-order chi connectivity index (χ1) is 8.11. The zero-order chi connectivity index (χ0) is 12.3. The standard InChI is InChI=1S/C14H21NOS/c1-11-10-15-14(2,17-11)9-8-12-4-6-13(16-3)7-5-12/h4-7,11,15H,8-10H2,1-3H3. The number of thioether (sulfide) groups is 1. The number of nitrogens with one attached hydrogen (secondary N) is 1. The van der Waals surface area contributed by atoms with Crippen molar-refractivity contribution in [3.8, 4) is 5.75 Å². The molecule has 1 aliphatic rings. The van der Waals surface area contributed by atoms with Crippen molar-refractivity contribution >= 4 is 11.8 Å². The largest absolute Gasteiger partial charge is 0.497 e. The molecule has 2 rings (SSSR count). The number of rotatable bonds is 4. The molecule has 1 heterocycles. The van der Waals surface area contributed by atoms with Crippen LogP contribution < -0.4 is 10.1 Å². The lowest BCUT2D eigenvalue weighted by atomic mass is 10.1. The number of ether oxygens (including phenoxy) is 1. The Bertz CT molecular complexity index is 365. The van der Waals surface area contributed by atoms with E-state index in [4.69, 9.17) is 4.74 Å². The number of methoxy groups -OCH3 is 1. The van der Waals surface area contributed by atoms with E-state index in [-0.39, 0.29) is 4.87 Å². The molecule has 17 heavy (non-hydrogen) atoms. The van der Waals surface area contributed by atoms with Gasteiger partial charge in [0.15, 0.2) is 0 Å². The van der Waals surface area contributed by atoms with Crippen molar-refractivity contribution in [1.82, 2.24) is 5.32 Å². The Balaban J connectivity index is 1.89. The highest BCUT2D eigenvalue weighted by molar-refractivity contribution is 8.01. The van der Waals surface area contributed by atoms with E-state index in [0.717, 1.165) is 24.0 Å². The first-order valence-corrected chi connectivity index (χ1v) is 7.05. The molecule has 2 unspecified atom stereocenters. The highest BCUT2D eigenvalue weighted by Crippen LogP contribution is 2.35. The van der Waals surface area contributed by atoms with Crippen LogP contribution in [-0.2, 0) is 6.42 Å². The van der Waals surface area contributed by atoms with Gasteiger partial charge in [0.05, 0.1) is 12.0 Å². The van der Waals surface area contributed by atoms with Gasteiger partial charge in [-0.3, -0.25) is 0 Å². The summed E-state index contributed by atoms with van der Waals surface area (Å²) in [7, 11) is 1.70. The molecule has 3 heteroatoms. The van der Waals surface area contributed by atoms with Gasteiger partial charge in [-0.25, -0.2) is 0 Å². The Labute approximate surface area is 108 Å². The topological polar surface area (TPSA) is 21.3 Å². The minimum Gasteiger partial charge on any atom is -0.497 e. The van der Waals surface area contributed by atoms with E-state index in [9.17, 15) is 0 Å². The Morgan fingerprint density at radius 3 is 2.65 bits per heavy atom. The lowest BCUT2D eigenvalue weighted by Gasteiger charge is -2.23. The van der Waals surface area contributed by atoms with Crippen molar-refractivity contribution in [3.05, 3.63) is 29.8 Å². The van der Waals surface area contributed by atoms with Crippen LogP contribution in [-0.4, -0.2) is 23.8 Å². The molecule has 0 amide bonds. The van der Waals surface area contributed by atoms with Gasteiger partial charge in [0.1, 0.15) is 5.75 Å². The number of benzene rings is 1. The van der Waals surface area contributed by atoms with Gasteiger partial charge in [0, 0.05) is 11.8 Å². The average Bonchev–Trinajstić information content (AvgIpc) is 2.68. The molecule has 0 spiro atoms. The molecule has 2 atom stereocenters. The van der Waals surface area contributed by atoms with Crippen LogP contribution in [0.2, 0.25) is 0 Å². The van der Waals surface area contributed by atoms with Gasteiger partial charge < -0.3 is 10.1 Å². The molecule has 0 aromatic heterocycles. The summed E-state index contributed by atoms with van der Waals surface area (Å²) < 4.78 is 5.16. The first-order valence-electron chi connectivity index (χ1n) is 6.17. The molecule has 1 aromatic carbocycles. The van der Waals surface area contributed by atoms with Crippen molar-refractivity contribution < 1.29 is 4.74 Å². The quantitative estimate of drug-likeness (QED) is 0.888. The minimum absolute atomic E-state index is 0.249. The van der Waals surface area contributed by atoms with E-state index >= 15 is 0 Å². The Morgan fingerprint density at radius 2 is 2.12 bits per heavy atom. The normalized spacial score (nSPS) is 28.3. The molecule has 1 aliphatic heterocycles.